The molecule has 8 heteroatoms. The molecule has 1 heterocycles. The van der Waals surface area contributed by atoms with Crippen molar-refractivity contribution < 1.29 is 12.8 Å². The molecule has 26 heavy (non-hydrogen) atoms. The number of piperazine rings is 1. The summed E-state index contributed by atoms with van der Waals surface area (Å²) in [5, 5.41) is -0.225. The highest BCUT2D eigenvalue weighted by molar-refractivity contribution is 7.92. The van der Waals surface area contributed by atoms with Gasteiger partial charge in [0.2, 0.25) is 0 Å². The summed E-state index contributed by atoms with van der Waals surface area (Å²) in [5.74, 6) is -0.653. The molecule has 0 aliphatic carbocycles. The topological polar surface area (TPSA) is 52.6 Å². The molecular weight excluding hydrogens is 377 g/mol. The molecule has 0 amide bonds. The van der Waals surface area contributed by atoms with E-state index in [0.717, 1.165) is 50.5 Å². The molecule has 1 fully saturated rings. The van der Waals surface area contributed by atoms with Gasteiger partial charge in [-0.05, 0) is 36.9 Å². The molecule has 1 N–H and O–H groups in total. The second kappa shape index (κ2) is 7.82. The van der Waals surface area contributed by atoms with Crippen molar-refractivity contribution in [3.63, 3.8) is 0 Å². The second-order valence-corrected chi connectivity index (χ2v) is 8.21. The SMILES string of the molecule is CCN1CCN(c2ccccc2NS(=O)(=O)c2ccc(F)c(Cl)c2)CC1. The van der Waals surface area contributed by atoms with E-state index in [9.17, 15) is 12.8 Å². The molecule has 2 aromatic rings. The van der Waals surface area contributed by atoms with Crippen LogP contribution >= 0.6 is 11.6 Å². The van der Waals surface area contributed by atoms with E-state index >= 15 is 0 Å². The Hall–Kier alpha value is -1.83. The highest BCUT2D eigenvalue weighted by atomic mass is 35.5. The summed E-state index contributed by atoms with van der Waals surface area (Å²) >= 11 is 5.72. The largest absolute Gasteiger partial charge is 0.367 e. The van der Waals surface area contributed by atoms with Crippen LogP contribution in [0, 0.1) is 5.82 Å². The lowest BCUT2D eigenvalue weighted by Crippen LogP contribution is -2.46. The highest BCUT2D eigenvalue weighted by Gasteiger charge is 2.21. The van der Waals surface area contributed by atoms with Gasteiger partial charge in [0.1, 0.15) is 5.82 Å². The Morgan fingerprint density at radius 3 is 2.46 bits per heavy atom. The molecule has 3 rings (SSSR count). The fourth-order valence-corrected chi connectivity index (χ4v) is 4.33. The molecule has 0 unspecified atom stereocenters. The first kappa shape index (κ1) is 18.9. The zero-order valence-electron chi connectivity index (χ0n) is 14.5. The number of nitrogens with one attached hydrogen (secondary N) is 1. The average Bonchev–Trinajstić information content (AvgIpc) is 2.64. The van der Waals surface area contributed by atoms with Gasteiger partial charge in [-0.1, -0.05) is 30.7 Å². The Labute approximate surface area is 158 Å². The normalized spacial score (nSPS) is 15.9. The lowest BCUT2D eigenvalue weighted by molar-refractivity contribution is 0.271. The van der Waals surface area contributed by atoms with Gasteiger partial charge in [0, 0.05) is 26.2 Å². The van der Waals surface area contributed by atoms with Gasteiger partial charge >= 0.3 is 0 Å². The molecule has 1 aliphatic rings. The van der Waals surface area contributed by atoms with Crippen molar-refractivity contribution in [1.29, 1.82) is 0 Å². The van der Waals surface area contributed by atoms with E-state index in [-0.39, 0.29) is 9.92 Å². The summed E-state index contributed by atoms with van der Waals surface area (Å²) in [5.41, 5.74) is 1.33. The van der Waals surface area contributed by atoms with Crippen molar-refractivity contribution in [2.75, 3.05) is 42.3 Å². The Morgan fingerprint density at radius 2 is 1.81 bits per heavy atom. The van der Waals surface area contributed by atoms with Crippen LogP contribution in [0.3, 0.4) is 0 Å². The number of sulfonamides is 1. The van der Waals surface area contributed by atoms with E-state index in [0.29, 0.717) is 5.69 Å². The highest BCUT2D eigenvalue weighted by Crippen LogP contribution is 2.29. The number of hydrogen-bond donors (Lipinski definition) is 1. The fourth-order valence-electron chi connectivity index (χ4n) is 2.99. The lowest BCUT2D eigenvalue weighted by atomic mass is 10.2. The van der Waals surface area contributed by atoms with E-state index in [4.69, 9.17) is 11.6 Å². The summed E-state index contributed by atoms with van der Waals surface area (Å²) in [6.07, 6.45) is 0. The van der Waals surface area contributed by atoms with Crippen molar-refractivity contribution in [3.05, 3.63) is 53.3 Å². The molecule has 0 radical (unpaired) electrons. The molecule has 140 valence electrons. The zero-order valence-corrected chi connectivity index (χ0v) is 16.0. The maximum atomic E-state index is 13.3. The number of nitrogens with zero attached hydrogens (tertiary/aromatic N) is 2. The van der Waals surface area contributed by atoms with Gasteiger partial charge in [-0.2, -0.15) is 0 Å². The van der Waals surface area contributed by atoms with Crippen LogP contribution in [0.15, 0.2) is 47.4 Å². The second-order valence-electron chi connectivity index (χ2n) is 6.12. The lowest BCUT2D eigenvalue weighted by Gasteiger charge is -2.36. The third kappa shape index (κ3) is 4.11. The van der Waals surface area contributed by atoms with Crippen molar-refractivity contribution in [2.45, 2.75) is 11.8 Å². The van der Waals surface area contributed by atoms with Crippen molar-refractivity contribution in [2.24, 2.45) is 0 Å². The Morgan fingerprint density at radius 1 is 1.12 bits per heavy atom. The van der Waals surface area contributed by atoms with Gasteiger partial charge in [0.05, 0.1) is 21.3 Å². The summed E-state index contributed by atoms with van der Waals surface area (Å²) < 4.78 is 41.3. The van der Waals surface area contributed by atoms with Crippen LogP contribution < -0.4 is 9.62 Å². The van der Waals surface area contributed by atoms with E-state index in [2.05, 4.69) is 21.4 Å². The Bertz CT molecular complexity index is 884. The van der Waals surface area contributed by atoms with Crippen LogP contribution in [0.25, 0.3) is 0 Å². The minimum absolute atomic E-state index is 0.0745. The number of anilines is 2. The summed E-state index contributed by atoms with van der Waals surface area (Å²) in [6.45, 7) is 6.67. The number of rotatable bonds is 5. The quantitative estimate of drug-likeness (QED) is 0.839. The van der Waals surface area contributed by atoms with Crippen LogP contribution in [0.2, 0.25) is 5.02 Å². The van der Waals surface area contributed by atoms with Crippen LogP contribution in [-0.4, -0.2) is 46.0 Å². The number of benzene rings is 2. The molecule has 1 saturated heterocycles. The zero-order chi connectivity index (χ0) is 18.7. The van der Waals surface area contributed by atoms with Gasteiger partial charge < -0.3 is 9.80 Å². The van der Waals surface area contributed by atoms with Crippen LogP contribution in [0.1, 0.15) is 6.92 Å². The molecule has 1 aliphatic heterocycles. The van der Waals surface area contributed by atoms with Gasteiger partial charge in [0.25, 0.3) is 10.0 Å². The summed E-state index contributed by atoms with van der Waals surface area (Å²) in [7, 11) is -3.87. The Kier molecular flexibility index (Phi) is 5.70. The van der Waals surface area contributed by atoms with Gasteiger partial charge in [0.15, 0.2) is 0 Å². The maximum Gasteiger partial charge on any atom is 0.262 e. The van der Waals surface area contributed by atoms with E-state index < -0.39 is 15.8 Å². The monoisotopic (exact) mass is 397 g/mol. The van der Waals surface area contributed by atoms with Crippen LogP contribution in [0.4, 0.5) is 15.8 Å². The molecule has 0 spiro atoms. The van der Waals surface area contributed by atoms with Crippen molar-refractivity contribution in [1.82, 2.24) is 4.90 Å². The summed E-state index contributed by atoms with van der Waals surface area (Å²) in [4.78, 5) is 4.44. The van der Waals surface area contributed by atoms with E-state index in [1.807, 2.05) is 12.1 Å². The number of para-hydroxylation sites is 2. The standard InChI is InChI=1S/C18H21ClFN3O2S/c1-2-22-9-11-23(12-10-22)18-6-4-3-5-17(18)21-26(24,25)14-7-8-16(20)15(19)13-14/h3-8,13,21H,2,9-12H2,1H3. The molecule has 0 saturated carbocycles. The number of likely N-dealkylation sites (N-methyl/N-ethyl adjacent to an activating group) is 1. The third-order valence-corrected chi connectivity index (χ3v) is 6.16. The molecule has 5 nitrogen and oxygen atoms in total. The first-order valence-corrected chi connectivity index (χ1v) is 10.3. The fraction of sp³-hybridized carbons (Fsp3) is 0.333. The molecular formula is C18H21ClFN3O2S. The van der Waals surface area contributed by atoms with Crippen molar-refractivity contribution >= 4 is 33.0 Å². The predicted molar refractivity (Wildman–Crippen MR) is 103 cm³/mol. The third-order valence-electron chi connectivity index (χ3n) is 4.51. The number of hydrogen-bond acceptors (Lipinski definition) is 4. The smallest absolute Gasteiger partial charge is 0.262 e. The minimum Gasteiger partial charge on any atom is -0.367 e. The summed E-state index contributed by atoms with van der Waals surface area (Å²) in [6, 6.07) is 10.7. The maximum absolute atomic E-state index is 13.3. The average molecular weight is 398 g/mol. The van der Waals surface area contributed by atoms with E-state index in [1.165, 1.54) is 6.07 Å². The van der Waals surface area contributed by atoms with E-state index in [1.54, 1.807) is 12.1 Å². The molecule has 2 aromatic carbocycles. The first-order valence-electron chi connectivity index (χ1n) is 8.45. The predicted octanol–water partition coefficient (Wildman–Crippen LogP) is 3.42. The number of halogens is 2. The molecule has 0 atom stereocenters. The minimum atomic E-state index is -3.87. The van der Waals surface area contributed by atoms with Crippen LogP contribution in [0.5, 0.6) is 0 Å². The van der Waals surface area contributed by atoms with Gasteiger partial charge in [-0.25, -0.2) is 12.8 Å². The van der Waals surface area contributed by atoms with Crippen LogP contribution in [-0.2, 0) is 10.0 Å². The first-order chi connectivity index (χ1) is 12.4. The molecule has 0 bridgehead atoms. The van der Waals surface area contributed by atoms with Crippen molar-refractivity contribution in [3.8, 4) is 0 Å². The van der Waals surface area contributed by atoms with Gasteiger partial charge in [-0.3, -0.25) is 4.72 Å². The Balaban J connectivity index is 1.85. The van der Waals surface area contributed by atoms with Gasteiger partial charge in [-0.15, -0.1) is 0 Å². The molecule has 0 aromatic heterocycles.